The fraction of sp³-hybridized carbons (Fsp3) is 0.611. The Morgan fingerprint density at radius 3 is 2.81 bits per heavy atom. The van der Waals surface area contributed by atoms with Crippen LogP contribution < -0.4 is 4.31 Å². The van der Waals surface area contributed by atoms with E-state index in [9.17, 15) is 8.76 Å². The quantitative estimate of drug-likeness (QED) is 0.778. The van der Waals surface area contributed by atoms with Gasteiger partial charge in [0.1, 0.15) is 11.4 Å². The van der Waals surface area contributed by atoms with Crippen LogP contribution >= 0.6 is 0 Å². The number of benzene rings is 1. The molecule has 3 rings (SSSR count). The van der Waals surface area contributed by atoms with Crippen LogP contribution in [-0.2, 0) is 26.3 Å². The largest absolute Gasteiger partial charge is 0.755 e. The summed E-state index contributed by atoms with van der Waals surface area (Å²) >= 11 is -2.33. The van der Waals surface area contributed by atoms with Gasteiger partial charge in [-0.25, -0.2) is 4.98 Å². The molecule has 2 aromatic rings. The van der Waals surface area contributed by atoms with Gasteiger partial charge in [-0.05, 0) is 51.3 Å². The summed E-state index contributed by atoms with van der Waals surface area (Å²) in [5, 5.41) is 0. The summed E-state index contributed by atoms with van der Waals surface area (Å²) in [5.74, 6) is 0.772. The normalized spacial score (nSPS) is 24.9. The molecule has 1 aromatic heterocycles. The van der Waals surface area contributed by atoms with Crippen LogP contribution in [0.3, 0.4) is 0 Å². The number of rotatable bonds is 6. The molecule has 0 radical (unpaired) electrons. The van der Waals surface area contributed by atoms with E-state index >= 15 is 0 Å². The molecule has 1 aliphatic rings. The van der Waals surface area contributed by atoms with Crippen molar-refractivity contribution in [2.75, 3.05) is 18.5 Å². The van der Waals surface area contributed by atoms with Gasteiger partial charge in [0.05, 0.1) is 22.8 Å². The molecule has 1 N–H and O–H groups in total. The number of nitrogens with zero attached hydrogens (tertiary/aromatic N) is 2. The molecule has 1 aliphatic carbocycles. The van der Waals surface area contributed by atoms with Crippen LogP contribution in [0.2, 0.25) is 0 Å². The van der Waals surface area contributed by atoms with Gasteiger partial charge in [-0.2, -0.15) is 0 Å². The zero-order valence-electron chi connectivity index (χ0n) is 15.7. The Morgan fingerprint density at radius 2 is 2.19 bits per heavy atom. The van der Waals surface area contributed by atoms with Gasteiger partial charge in [0.2, 0.25) is 0 Å². The summed E-state index contributed by atoms with van der Waals surface area (Å²) in [6, 6.07) is 5.27. The van der Waals surface area contributed by atoms with Gasteiger partial charge >= 0.3 is 0 Å². The third-order valence-electron chi connectivity index (χ3n) is 5.17. The van der Waals surface area contributed by atoms with Crippen molar-refractivity contribution >= 4 is 28.0 Å². The highest BCUT2D eigenvalue weighted by atomic mass is 32.2. The highest BCUT2D eigenvalue weighted by Crippen LogP contribution is 2.40. The second-order valence-electron chi connectivity index (χ2n) is 7.08. The van der Waals surface area contributed by atoms with E-state index in [-0.39, 0.29) is 12.1 Å². The van der Waals surface area contributed by atoms with E-state index in [1.165, 1.54) is 4.31 Å². The molecule has 0 saturated heterocycles. The van der Waals surface area contributed by atoms with Crippen LogP contribution in [0.4, 0.5) is 5.69 Å². The highest BCUT2D eigenvalue weighted by molar-refractivity contribution is 7.80. The third kappa shape index (κ3) is 3.51. The van der Waals surface area contributed by atoms with Crippen LogP contribution in [0.5, 0.6) is 0 Å². The van der Waals surface area contributed by atoms with Crippen LogP contribution in [0.1, 0.15) is 45.4 Å². The van der Waals surface area contributed by atoms with Crippen LogP contribution in [0.15, 0.2) is 18.2 Å². The van der Waals surface area contributed by atoms with Gasteiger partial charge in [-0.3, -0.25) is 4.21 Å². The van der Waals surface area contributed by atoms with Gasteiger partial charge < -0.3 is 23.3 Å². The molecule has 3 atom stereocenters. The summed E-state index contributed by atoms with van der Waals surface area (Å²) in [4.78, 5) is 8.09. The van der Waals surface area contributed by atoms with E-state index in [2.05, 4.69) is 4.98 Å². The average Bonchev–Trinajstić information content (AvgIpc) is 3.05. The maximum atomic E-state index is 11.6. The fourth-order valence-corrected chi connectivity index (χ4v) is 4.42. The van der Waals surface area contributed by atoms with Crippen LogP contribution in [0.25, 0.3) is 11.0 Å². The lowest BCUT2D eigenvalue weighted by Gasteiger charge is -2.37. The van der Waals surface area contributed by atoms with Gasteiger partial charge in [0.15, 0.2) is 0 Å². The molecule has 8 heteroatoms. The number of aromatic nitrogens is 2. The first-order chi connectivity index (χ1) is 12.4. The predicted octanol–water partition coefficient (Wildman–Crippen LogP) is 3.00. The molecule has 26 heavy (non-hydrogen) atoms. The van der Waals surface area contributed by atoms with Crippen molar-refractivity contribution in [1.82, 2.24) is 9.97 Å². The van der Waals surface area contributed by atoms with Crippen molar-refractivity contribution in [1.29, 1.82) is 0 Å². The number of nitrogens with one attached hydrogen (secondary N) is 1. The minimum atomic E-state index is -2.33. The summed E-state index contributed by atoms with van der Waals surface area (Å²) < 4.78 is 35.9. The number of imidazole rings is 1. The summed E-state index contributed by atoms with van der Waals surface area (Å²) in [5.41, 5.74) is 1.70. The molecule has 1 aromatic carbocycles. The van der Waals surface area contributed by atoms with Gasteiger partial charge in [-0.1, -0.05) is 0 Å². The first-order valence-corrected chi connectivity index (χ1v) is 9.90. The predicted molar refractivity (Wildman–Crippen MR) is 101 cm³/mol. The lowest BCUT2D eigenvalue weighted by molar-refractivity contribution is -0.0945. The molecule has 3 unspecified atom stereocenters. The number of hydrogen-bond donors (Lipinski definition) is 1. The third-order valence-corrected chi connectivity index (χ3v) is 6.12. The van der Waals surface area contributed by atoms with E-state index in [0.29, 0.717) is 5.69 Å². The minimum Gasteiger partial charge on any atom is -0.755 e. The number of ether oxygens (including phenoxy) is 2. The Bertz CT molecular complexity index is 794. The molecular weight excluding hydrogens is 354 g/mol. The fourth-order valence-electron chi connectivity index (χ4n) is 3.79. The maximum Gasteiger partial charge on any atom is 0.139 e. The Labute approximate surface area is 156 Å². The minimum absolute atomic E-state index is 0.145. The Hall–Kier alpha value is -1.48. The number of H-pyrrole nitrogens is 1. The van der Waals surface area contributed by atoms with E-state index in [0.717, 1.165) is 42.5 Å². The van der Waals surface area contributed by atoms with Crippen molar-refractivity contribution in [2.45, 2.75) is 57.3 Å². The lowest BCUT2D eigenvalue weighted by atomic mass is 9.82. The maximum absolute atomic E-state index is 11.6. The molecule has 0 amide bonds. The van der Waals surface area contributed by atoms with Crippen LogP contribution in [0, 0.1) is 0 Å². The molecule has 7 nitrogen and oxygen atoms in total. The number of fused-ring (bicyclic) bond motifs is 1. The molecule has 1 fully saturated rings. The number of methoxy groups -OCH3 is 2. The van der Waals surface area contributed by atoms with Gasteiger partial charge in [0.25, 0.3) is 0 Å². The molecule has 1 saturated carbocycles. The van der Waals surface area contributed by atoms with Gasteiger partial charge in [-0.15, -0.1) is 0 Å². The second kappa shape index (κ2) is 7.64. The van der Waals surface area contributed by atoms with E-state index in [4.69, 9.17) is 14.5 Å². The number of anilines is 1. The standard InChI is InChI=1S/C18H27N3O4S/c1-12(2)21(26(22)23)13-7-8-15-16(10-13)20-17(19-15)18(25-4)9-5-6-14(11-18)24-3/h7-8,10,12,14H,5-6,9,11H2,1-4H3,(H,19,20)(H,22,23)/p-1. The van der Waals surface area contributed by atoms with E-state index in [1.807, 2.05) is 26.0 Å². The Balaban J connectivity index is 2.00. The zero-order chi connectivity index (χ0) is 18.9. The Kier molecular flexibility index (Phi) is 5.67. The zero-order valence-corrected chi connectivity index (χ0v) is 16.5. The summed E-state index contributed by atoms with van der Waals surface area (Å²) in [6.07, 6.45) is 3.79. The van der Waals surface area contributed by atoms with Crippen molar-refractivity contribution in [3.63, 3.8) is 0 Å². The molecule has 0 aliphatic heterocycles. The SMILES string of the molecule is COC1CCCC(OC)(c2nc3ccc(N(C(C)C)S(=O)[O-])cc3[nH]2)C1. The number of hydrogen-bond acceptors (Lipinski definition) is 5. The van der Waals surface area contributed by atoms with E-state index < -0.39 is 16.9 Å². The molecule has 144 valence electrons. The topological polar surface area (TPSA) is 90.5 Å². The molecule has 0 bridgehead atoms. The molecule has 0 spiro atoms. The monoisotopic (exact) mass is 380 g/mol. The first kappa shape index (κ1) is 19.3. The van der Waals surface area contributed by atoms with Crippen molar-refractivity contribution in [2.24, 2.45) is 0 Å². The van der Waals surface area contributed by atoms with Gasteiger partial charge in [0, 0.05) is 37.9 Å². The molecular formula is C18H26N3O4S-. The first-order valence-electron chi connectivity index (χ1n) is 8.87. The number of aromatic amines is 1. The lowest BCUT2D eigenvalue weighted by Crippen LogP contribution is -2.38. The summed E-state index contributed by atoms with van der Waals surface area (Å²) in [7, 11) is 3.43. The Morgan fingerprint density at radius 1 is 1.42 bits per heavy atom. The van der Waals surface area contributed by atoms with Crippen molar-refractivity contribution in [3.8, 4) is 0 Å². The second-order valence-corrected chi connectivity index (χ2v) is 7.90. The van der Waals surface area contributed by atoms with Crippen LogP contribution in [-0.4, -0.2) is 45.1 Å². The average molecular weight is 380 g/mol. The highest BCUT2D eigenvalue weighted by Gasteiger charge is 2.40. The smallest absolute Gasteiger partial charge is 0.139 e. The van der Waals surface area contributed by atoms with E-state index in [1.54, 1.807) is 20.3 Å². The summed E-state index contributed by atoms with van der Waals surface area (Å²) in [6.45, 7) is 3.68. The van der Waals surface area contributed by atoms with Crippen molar-refractivity contribution in [3.05, 3.63) is 24.0 Å². The van der Waals surface area contributed by atoms with Crippen molar-refractivity contribution < 1.29 is 18.2 Å². The molecule has 1 heterocycles.